The van der Waals surface area contributed by atoms with E-state index in [2.05, 4.69) is 28.7 Å². The van der Waals surface area contributed by atoms with Crippen LogP contribution in [0.15, 0.2) is 47.4 Å². The first-order valence-electron chi connectivity index (χ1n) is 12.0. The van der Waals surface area contributed by atoms with E-state index in [1.54, 1.807) is 12.1 Å². The maximum atomic E-state index is 14.4. The van der Waals surface area contributed by atoms with Gasteiger partial charge >= 0.3 is 0 Å². The highest BCUT2D eigenvalue weighted by Crippen LogP contribution is 2.34. The van der Waals surface area contributed by atoms with Crippen LogP contribution in [0.3, 0.4) is 0 Å². The molecule has 36 heavy (non-hydrogen) atoms. The molecule has 4 aromatic rings. The summed E-state index contributed by atoms with van der Waals surface area (Å²) in [4.78, 5) is 28.7. The summed E-state index contributed by atoms with van der Waals surface area (Å²) >= 11 is 0. The van der Waals surface area contributed by atoms with Gasteiger partial charge in [-0.3, -0.25) is 9.59 Å². The van der Waals surface area contributed by atoms with Gasteiger partial charge in [0.15, 0.2) is 0 Å². The van der Waals surface area contributed by atoms with Crippen molar-refractivity contribution < 1.29 is 9.18 Å². The van der Waals surface area contributed by atoms with Gasteiger partial charge in [0.1, 0.15) is 11.9 Å². The molecule has 4 rings (SSSR count). The zero-order valence-corrected chi connectivity index (χ0v) is 21.1. The number of pyridine rings is 1. The van der Waals surface area contributed by atoms with Crippen LogP contribution in [0, 0.1) is 37.9 Å². The summed E-state index contributed by atoms with van der Waals surface area (Å²) in [5.74, 6) is -0.927. The summed E-state index contributed by atoms with van der Waals surface area (Å²) in [6.45, 7) is 9.92. The molecule has 7 heteroatoms. The molecular formula is C29H29FN4O2. The van der Waals surface area contributed by atoms with Crippen LogP contribution in [-0.4, -0.2) is 15.5 Å². The number of H-pyrrole nitrogens is 1. The first-order valence-corrected chi connectivity index (χ1v) is 12.0. The third-order valence-electron chi connectivity index (χ3n) is 6.78. The summed E-state index contributed by atoms with van der Waals surface area (Å²) < 4.78 is 16.6. The number of amides is 1. The number of carbonyl (C=O) groups is 1. The molecule has 6 nitrogen and oxygen atoms in total. The maximum absolute atomic E-state index is 14.4. The van der Waals surface area contributed by atoms with E-state index in [4.69, 9.17) is 5.26 Å². The number of nitriles is 1. The highest BCUT2D eigenvalue weighted by Gasteiger charge is 2.20. The van der Waals surface area contributed by atoms with Crippen molar-refractivity contribution in [2.24, 2.45) is 0 Å². The molecular weight excluding hydrogens is 455 g/mol. The second-order valence-corrected chi connectivity index (χ2v) is 9.33. The molecule has 0 saturated carbocycles. The topological polar surface area (TPSA) is 90.7 Å². The molecule has 0 aliphatic carbocycles. The number of carbonyl (C=O) groups excluding carboxylic acids is 1. The molecule has 0 fully saturated rings. The van der Waals surface area contributed by atoms with Crippen molar-refractivity contribution in [3.05, 3.63) is 92.3 Å². The molecule has 0 spiro atoms. The lowest BCUT2D eigenvalue weighted by Crippen LogP contribution is -2.28. The molecule has 2 heterocycles. The van der Waals surface area contributed by atoms with Gasteiger partial charge in [-0.2, -0.15) is 5.26 Å². The fourth-order valence-corrected chi connectivity index (χ4v) is 4.65. The number of nitrogens with one attached hydrogen (secondary N) is 2. The number of hydrogen-bond acceptors (Lipinski definition) is 3. The molecule has 0 aliphatic rings. The van der Waals surface area contributed by atoms with Crippen LogP contribution in [-0.2, 0) is 6.54 Å². The fourth-order valence-electron chi connectivity index (χ4n) is 4.65. The van der Waals surface area contributed by atoms with E-state index in [0.29, 0.717) is 22.3 Å². The number of fused-ring (bicyclic) bond motifs is 1. The summed E-state index contributed by atoms with van der Waals surface area (Å²) in [6, 6.07) is 12.1. The van der Waals surface area contributed by atoms with Gasteiger partial charge in [0, 0.05) is 46.5 Å². The number of nitrogens with zero attached hydrogens (tertiary/aromatic N) is 2. The molecule has 1 atom stereocenters. The van der Waals surface area contributed by atoms with Gasteiger partial charge in [0.05, 0.1) is 5.56 Å². The van der Waals surface area contributed by atoms with Gasteiger partial charge in [-0.15, -0.1) is 0 Å². The highest BCUT2D eigenvalue weighted by molar-refractivity contribution is 6.09. The van der Waals surface area contributed by atoms with Crippen LogP contribution in [0.25, 0.3) is 22.0 Å². The Hall–Kier alpha value is -4.18. The number of hydrogen-bond donors (Lipinski definition) is 2. The molecule has 0 saturated heterocycles. The van der Waals surface area contributed by atoms with Crippen molar-refractivity contribution in [1.82, 2.24) is 14.9 Å². The van der Waals surface area contributed by atoms with Crippen molar-refractivity contribution in [2.45, 2.75) is 53.6 Å². The van der Waals surface area contributed by atoms with Crippen LogP contribution in [0.1, 0.15) is 64.6 Å². The van der Waals surface area contributed by atoms with Gasteiger partial charge < -0.3 is 14.9 Å². The average molecular weight is 485 g/mol. The van der Waals surface area contributed by atoms with E-state index in [-0.39, 0.29) is 29.6 Å². The first-order chi connectivity index (χ1) is 17.1. The SMILES string of the molecule is CCC(C)n1cc(C)c2c(C(=O)NCc3c(C)cc(C)[nH]c3=O)cc(-c3ccc(C#N)c(F)c3)cc21. The predicted molar refractivity (Wildman–Crippen MR) is 139 cm³/mol. The van der Waals surface area contributed by atoms with E-state index < -0.39 is 5.82 Å². The van der Waals surface area contributed by atoms with Crippen molar-refractivity contribution in [3.63, 3.8) is 0 Å². The van der Waals surface area contributed by atoms with E-state index in [9.17, 15) is 14.0 Å². The largest absolute Gasteiger partial charge is 0.348 e. The van der Waals surface area contributed by atoms with Gasteiger partial charge in [-0.25, -0.2) is 4.39 Å². The third kappa shape index (κ3) is 4.55. The number of rotatable bonds is 6. The molecule has 2 aromatic carbocycles. The Morgan fingerprint density at radius 1 is 1.14 bits per heavy atom. The molecule has 1 amide bonds. The highest BCUT2D eigenvalue weighted by atomic mass is 19.1. The number of aromatic nitrogens is 2. The monoisotopic (exact) mass is 484 g/mol. The minimum absolute atomic E-state index is 0.0321. The smallest absolute Gasteiger partial charge is 0.253 e. The predicted octanol–water partition coefficient (Wildman–Crippen LogP) is 5.83. The minimum atomic E-state index is -0.608. The first kappa shape index (κ1) is 24.9. The van der Waals surface area contributed by atoms with Crippen LogP contribution < -0.4 is 10.9 Å². The van der Waals surface area contributed by atoms with E-state index in [1.807, 2.05) is 45.2 Å². The Morgan fingerprint density at radius 3 is 2.53 bits per heavy atom. The number of halogens is 1. The Bertz CT molecular complexity index is 1590. The summed E-state index contributed by atoms with van der Waals surface area (Å²) in [6.07, 6.45) is 2.93. The number of aryl methyl sites for hydroxylation is 3. The standard InChI is InChI=1S/C29H29FN4O2/c1-6-19(5)34-15-17(3)27-23(28(35)32-14-24-16(2)9-18(4)33-29(24)36)10-22(12-26(27)34)20-7-8-21(13-31)25(30)11-20/h7-12,15,19H,6,14H2,1-5H3,(H,32,35)(H,33,36). The maximum Gasteiger partial charge on any atom is 0.253 e. The van der Waals surface area contributed by atoms with Crippen molar-refractivity contribution in [2.75, 3.05) is 0 Å². The van der Waals surface area contributed by atoms with Crippen LogP contribution in [0.2, 0.25) is 0 Å². The lowest BCUT2D eigenvalue weighted by molar-refractivity contribution is 0.0952. The van der Waals surface area contributed by atoms with Crippen molar-refractivity contribution in [1.29, 1.82) is 5.26 Å². The zero-order chi connectivity index (χ0) is 26.1. The van der Waals surface area contributed by atoms with Crippen LogP contribution in [0.4, 0.5) is 4.39 Å². The fraction of sp³-hybridized carbons (Fsp3) is 0.276. The molecule has 2 aromatic heterocycles. The summed E-state index contributed by atoms with van der Waals surface area (Å²) in [7, 11) is 0. The van der Waals surface area contributed by atoms with Gasteiger partial charge in [-0.1, -0.05) is 13.0 Å². The molecule has 1 unspecified atom stereocenters. The van der Waals surface area contributed by atoms with Crippen molar-refractivity contribution >= 4 is 16.8 Å². The van der Waals surface area contributed by atoms with E-state index in [0.717, 1.165) is 34.1 Å². The van der Waals surface area contributed by atoms with E-state index in [1.165, 1.54) is 12.1 Å². The van der Waals surface area contributed by atoms with Gasteiger partial charge in [0.2, 0.25) is 0 Å². The second kappa shape index (κ2) is 9.82. The number of benzene rings is 2. The zero-order valence-electron chi connectivity index (χ0n) is 21.1. The Balaban J connectivity index is 1.84. The normalized spacial score (nSPS) is 11.9. The summed E-state index contributed by atoms with van der Waals surface area (Å²) in [5.41, 5.74) is 5.34. The molecule has 2 N–H and O–H groups in total. The number of aromatic amines is 1. The van der Waals surface area contributed by atoms with Crippen molar-refractivity contribution in [3.8, 4) is 17.2 Å². The minimum Gasteiger partial charge on any atom is -0.348 e. The van der Waals surface area contributed by atoms with E-state index >= 15 is 0 Å². The molecule has 184 valence electrons. The quantitative estimate of drug-likeness (QED) is 0.361. The third-order valence-corrected chi connectivity index (χ3v) is 6.78. The van der Waals surface area contributed by atoms with Gasteiger partial charge in [0.25, 0.3) is 11.5 Å². The lowest BCUT2D eigenvalue weighted by Gasteiger charge is -2.15. The average Bonchev–Trinajstić information content (AvgIpc) is 3.18. The second-order valence-electron chi connectivity index (χ2n) is 9.33. The Labute approximate surface area is 209 Å². The molecule has 0 aliphatic heterocycles. The van der Waals surface area contributed by atoms with Gasteiger partial charge in [-0.05, 0) is 86.7 Å². The molecule has 0 radical (unpaired) electrons. The van der Waals surface area contributed by atoms with Crippen LogP contribution >= 0.6 is 0 Å². The van der Waals surface area contributed by atoms with Crippen LogP contribution in [0.5, 0.6) is 0 Å². The Morgan fingerprint density at radius 2 is 1.89 bits per heavy atom. The Kier molecular flexibility index (Phi) is 6.80. The molecule has 0 bridgehead atoms. The lowest BCUT2D eigenvalue weighted by atomic mass is 9.97. The summed E-state index contributed by atoms with van der Waals surface area (Å²) in [5, 5.41) is 12.8.